The number of amides is 1. The van der Waals surface area contributed by atoms with Crippen LogP contribution in [0.4, 0.5) is 0 Å². The van der Waals surface area contributed by atoms with Gasteiger partial charge >= 0.3 is 0 Å². The molecule has 1 aliphatic heterocycles. The van der Waals surface area contributed by atoms with Gasteiger partial charge in [-0.05, 0) is 46.1 Å². The maximum Gasteiger partial charge on any atom is 0.255 e. The van der Waals surface area contributed by atoms with E-state index in [0.717, 1.165) is 37.1 Å². The molecule has 0 unspecified atom stereocenters. The average Bonchev–Trinajstić information content (AvgIpc) is 2.87. The standard InChI is InChI=1S/C19H19BrN4O/c20-18-10-17(12-22-13-18)19(25)24-7-1-6-23(8-9-24)14-16-4-2-15(11-21)3-5-16/h2-5,10,12-13H,1,6-9,14H2. The van der Waals surface area contributed by atoms with Gasteiger partial charge in [0.2, 0.25) is 0 Å². The molecule has 3 rings (SSSR count). The number of hydrogen-bond acceptors (Lipinski definition) is 4. The van der Waals surface area contributed by atoms with E-state index in [1.54, 1.807) is 12.4 Å². The minimum Gasteiger partial charge on any atom is -0.337 e. The topological polar surface area (TPSA) is 60.2 Å². The first-order valence-corrected chi connectivity index (χ1v) is 9.06. The third kappa shape index (κ3) is 4.65. The third-order valence-corrected chi connectivity index (χ3v) is 4.75. The maximum absolute atomic E-state index is 12.7. The van der Waals surface area contributed by atoms with Crippen molar-refractivity contribution in [2.45, 2.75) is 13.0 Å². The summed E-state index contributed by atoms with van der Waals surface area (Å²) in [6.07, 6.45) is 4.24. The van der Waals surface area contributed by atoms with Gasteiger partial charge in [-0.25, -0.2) is 0 Å². The van der Waals surface area contributed by atoms with Crippen molar-refractivity contribution in [2.24, 2.45) is 0 Å². The molecule has 0 spiro atoms. The molecule has 1 amide bonds. The van der Waals surface area contributed by atoms with E-state index in [2.05, 4.69) is 31.9 Å². The number of rotatable bonds is 3. The normalized spacial score (nSPS) is 15.4. The van der Waals surface area contributed by atoms with E-state index in [1.165, 1.54) is 5.56 Å². The number of hydrogen-bond donors (Lipinski definition) is 0. The van der Waals surface area contributed by atoms with E-state index in [0.29, 0.717) is 17.7 Å². The number of aromatic nitrogens is 1. The van der Waals surface area contributed by atoms with Crippen molar-refractivity contribution in [3.63, 3.8) is 0 Å². The Balaban J connectivity index is 1.60. The van der Waals surface area contributed by atoms with Crippen LogP contribution in [-0.4, -0.2) is 46.9 Å². The largest absolute Gasteiger partial charge is 0.337 e. The van der Waals surface area contributed by atoms with E-state index < -0.39 is 0 Å². The smallest absolute Gasteiger partial charge is 0.255 e. The Bertz CT molecular complexity index is 785. The Morgan fingerprint density at radius 3 is 2.68 bits per heavy atom. The van der Waals surface area contributed by atoms with Crippen LogP contribution in [0, 0.1) is 11.3 Å². The summed E-state index contributed by atoms with van der Waals surface area (Å²) in [7, 11) is 0. The van der Waals surface area contributed by atoms with Crippen LogP contribution < -0.4 is 0 Å². The number of nitrogens with zero attached hydrogens (tertiary/aromatic N) is 4. The van der Waals surface area contributed by atoms with Crippen molar-refractivity contribution in [1.82, 2.24) is 14.8 Å². The Morgan fingerprint density at radius 2 is 1.96 bits per heavy atom. The molecule has 0 N–H and O–H groups in total. The lowest BCUT2D eigenvalue weighted by Gasteiger charge is -2.22. The molecule has 1 aromatic carbocycles. The summed E-state index contributed by atoms with van der Waals surface area (Å²) in [6.45, 7) is 4.11. The van der Waals surface area contributed by atoms with Gasteiger partial charge in [0.15, 0.2) is 0 Å². The number of pyridine rings is 1. The van der Waals surface area contributed by atoms with Crippen molar-refractivity contribution in [1.29, 1.82) is 5.26 Å². The van der Waals surface area contributed by atoms with Crippen LogP contribution in [-0.2, 0) is 6.54 Å². The molecule has 6 heteroatoms. The fourth-order valence-corrected chi connectivity index (χ4v) is 3.35. The van der Waals surface area contributed by atoms with Crippen LogP contribution in [0.1, 0.15) is 27.9 Å². The van der Waals surface area contributed by atoms with Crippen molar-refractivity contribution in [3.05, 3.63) is 63.9 Å². The zero-order valence-corrected chi connectivity index (χ0v) is 15.4. The minimum absolute atomic E-state index is 0.0361. The molecule has 5 nitrogen and oxygen atoms in total. The van der Waals surface area contributed by atoms with Gasteiger partial charge in [-0.15, -0.1) is 0 Å². The fraction of sp³-hybridized carbons (Fsp3) is 0.316. The van der Waals surface area contributed by atoms with Gasteiger partial charge < -0.3 is 4.90 Å². The zero-order valence-electron chi connectivity index (χ0n) is 13.9. The zero-order chi connectivity index (χ0) is 17.6. The van der Waals surface area contributed by atoms with Gasteiger partial charge in [-0.1, -0.05) is 12.1 Å². The van der Waals surface area contributed by atoms with Crippen molar-refractivity contribution >= 4 is 21.8 Å². The molecular formula is C19H19BrN4O. The highest BCUT2D eigenvalue weighted by atomic mass is 79.9. The molecule has 1 aromatic heterocycles. The van der Waals surface area contributed by atoms with Crippen molar-refractivity contribution in [3.8, 4) is 6.07 Å². The van der Waals surface area contributed by atoms with Crippen molar-refractivity contribution in [2.75, 3.05) is 26.2 Å². The maximum atomic E-state index is 12.7. The molecule has 1 saturated heterocycles. The minimum atomic E-state index is 0.0361. The quantitative estimate of drug-likeness (QED) is 0.796. The molecule has 0 bridgehead atoms. The lowest BCUT2D eigenvalue weighted by atomic mass is 10.1. The number of carbonyl (C=O) groups is 1. The van der Waals surface area contributed by atoms with Gasteiger partial charge in [0.05, 0.1) is 17.2 Å². The predicted molar refractivity (Wildman–Crippen MR) is 98.9 cm³/mol. The summed E-state index contributed by atoms with van der Waals surface area (Å²) in [6, 6.07) is 11.7. The molecule has 0 radical (unpaired) electrons. The lowest BCUT2D eigenvalue weighted by molar-refractivity contribution is 0.0760. The predicted octanol–water partition coefficient (Wildman–Crippen LogP) is 3.06. The van der Waals surface area contributed by atoms with Gasteiger partial charge in [0.1, 0.15) is 0 Å². The molecule has 128 valence electrons. The summed E-state index contributed by atoms with van der Waals surface area (Å²) in [5.41, 5.74) is 2.49. The highest BCUT2D eigenvalue weighted by molar-refractivity contribution is 9.10. The summed E-state index contributed by atoms with van der Waals surface area (Å²) in [4.78, 5) is 21.0. The van der Waals surface area contributed by atoms with Crippen LogP contribution >= 0.6 is 15.9 Å². The summed E-state index contributed by atoms with van der Waals surface area (Å²) >= 11 is 3.37. The first-order valence-electron chi connectivity index (χ1n) is 8.27. The molecule has 0 aliphatic carbocycles. The van der Waals surface area contributed by atoms with Gasteiger partial charge in [-0.3, -0.25) is 14.7 Å². The van der Waals surface area contributed by atoms with Crippen LogP contribution in [0.5, 0.6) is 0 Å². The lowest BCUT2D eigenvalue weighted by Crippen LogP contribution is -2.35. The molecule has 0 atom stereocenters. The third-order valence-electron chi connectivity index (χ3n) is 4.32. The number of carbonyl (C=O) groups excluding carboxylic acids is 1. The highest BCUT2D eigenvalue weighted by Crippen LogP contribution is 2.15. The molecule has 2 heterocycles. The molecule has 0 saturated carbocycles. The number of halogens is 1. The second-order valence-corrected chi connectivity index (χ2v) is 7.04. The highest BCUT2D eigenvalue weighted by Gasteiger charge is 2.20. The van der Waals surface area contributed by atoms with Crippen LogP contribution in [0.25, 0.3) is 0 Å². The molecule has 1 fully saturated rings. The van der Waals surface area contributed by atoms with Gasteiger partial charge in [0, 0.05) is 49.6 Å². The van der Waals surface area contributed by atoms with E-state index in [1.807, 2.05) is 35.2 Å². The van der Waals surface area contributed by atoms with E-state index >= 15 is 0 Å². The molecular weight excluding hydrogens is 380 g/mol. The average molecular weight is 399 g/mol. The van der Waals surface area contributed by atoms with E-state index in [4.69, 9.17) is 5.26 Å². The summed E-state index contributed by atoms with van der Waals surface area (Å²) in [5, 5.41) is 8.87. The summed E-state index contributed by atoms with van der Waals surface area (Å²) < 4.78 is 0.815. The molecule has 1 aliphatic rings. The second-order valence-electron chi connectivity index (χ2n) is 6.12. The Labute approximate surface area is 156 Å². The van der Waals surface area contributed by atoms with Gasteiger partial charge in [-0.2, -0.15) is 5.26 Å². The van der Waals surface area contributed by atoms with Crippen LogP contribution in [0.2, 0.25) is 0 Å². The SMILES string of the molecule is N#Cc1ccc(CN2CCCN(C(=O)c3cncc(Br)c3)CC2)cc1. The summed E-state index contributed by atoms with van der Waals surface area (Å²) in [5.74, 6) is 0.0361. The Morgan fingerprint density at radius 1 is 1.16 bits per heavy atom. The van der Waals surface area contributed by atoms with Crippen LogP contribution in [0.15, 0.2) is 47.2 Å². The second kappa shape index (κ2) is 8.24. The van der Waals surface area contributed by atoms with E-state index in [-0.39, 0.29) is 5.91 Å². The van der Waals surface area contributed by atoms with Crippen LogP contribution in [0.3, 0.4) is 0 Å². The van der Waals surface area contributed by atoms with Gasteiger partial charge in [0.25, 0.3) is 5.91 Å². The van der Waals surface area contributed by atoms with Crippen molar-refractivity contribution < 1.29 is 4.79 Å². The Hall–Kier alpha value is -2.23. The first kappa shape index (κ1) is 17.6. The molecule has 25 heavy (non-hydrogen) atoms. The number of nitriles is 1. The monoisotopic (exact) mass is 398 g/mol. The first-order chi connectivity index (χ1) is 12.2. The molecule has 2 aromatic rings. The van der Waals surface area contributed by atoms with E-state index in [9.17, 15) is 4.79 Å². The fourth-order valence-electron chi connectivity index (χ4n) is 2.99. The number of benzene rings is 1. The Kier molecular flexibility index (Phi) is 5.79.